The van der Waals surface area contributed by atoms with Gasteiger partial charge in [-0.2, -0.15) is 0 Å². The van der Waals surface area contributed by atoms with Crippen molar-refractivity contribution in [1.82, 2.24) is 9.29 Å². The number of hydrogen-bond acceptors (Lipinski definition) is 4. The van der Waals surface area contributed by atoms with Gasteiger partial charge < -0.3 is 9.47 Å². The predicted octanol–water partition coefficient (Wildman–Crippen LogP) is 3.23. The highest BCUT2D eigenvalue weighted by molar-refractivity contribution is 7.88. The topological polar surface area (TPSA) is 71.4 Å². The van der Waals surface area contributed by atoms with E-state index in [1.165, 1.54) is 6.26 Å². The second-order valence-electron chi connectivity index (χ2n) is 8.65. The predicted molar refractivity (Wildman–Crippen MR) is 130 cm³/mol. The van der Waals surface area contributed by atoms with Gasteiger partial charge in [-0.3, -0.25) is 4.79 Å². The van der Waals surface area contributed by atoms with Crippen LogP contribution in [0.3, 0.4) is 0 Å². The molecule has 0 aliphatic carbocycles. The monoisotopic (exact) mass is 451 g/mol. The zero-order valence-electron chi connectivity index (χ0n) is 18.7. The molecule has 1 aliphatic rings. The van der Waals surface area contributed by atoms with Crippen LogP contribution in [0, 0.1) is 0 Å². The number of hydrogen-bond donors (Lipinski definition) is 1. The molecule has 1 N–H and O–H groups in total. The van der Waals surface area contributed by atoms with E-state index in [1.807, 2.05) is 56.6 Å². The summed E-state index contributed by atoms with van der Waals surface area (Å²) >= 11 is 0. The summed E-state index contributed by atoms with van der Waals surface area (Å²) in [5.41, 5.74) is 4.73. The summed E-state index contributed by atoms with van der Waals surface area (Å²) in [6.07, 6.45) is 3.03. The van der Waals surface area contributed by atoms with E-state index < -0.39 is 10.0 Å². The summed E-state index contributed by atoms with van der Waals surface area (Å²) in [4.78, 5) is 15.2. The molecule has 6 nitrogen and oxygen atoms in total. The number of sulfonamides is 1. The van der Waals surface area contributed by atoms with E-state index >= 15 is 0 Å². The van der Waals surface area contributed by atoms with Gasteiger partial charge in [-0.15, -0.1) is 0 Å². The summed E-state index contributed by atoms with van der Waals surface area (Å²) in [6, 6.07) is 21.6. The van der Waals surface area contributed by atoms with E-state index in [2.05, 4.69) is 29.0 Å². The van der Waals surface area contributed by atoms with E-state index in [-0.39, 0.29) is 17.6 Å². The van der Waals surface area contributed by atoms with E-state index in [1.54, 1.807) is 9.47 Å². The number of nitrogens with one attached hydrogen (secondary N) is 1. The van der Waals surface area contributed by atoms with Crippen molar-refractivity contribution in [2.45, 2.75) is 31.3 Å². The van der Waals surface area contributed by atoms with Crippen molar-refractivity contribution in [2.24, 2.45) is 0 Å². The molecule has 168 valence electrons. The van der Waals surface area contributed by atoms with Crippen LogP contribution in [-0.2, 0) is 22.9 Å². The lowest BCUT2D eigenvalue weighted by Gasteiger charge is -2.36. The average Bonchev–Trinajstić information content (AvgIpc) is 2.75. The molecule has 0 saturated carbocycles. The normalized spacial score (nSPS) is 18.2. The minimum atomic E-state index is -3.42. The second kappa shape index (κ2) is 8.92. The summed E-state index contributed by atoms with van der Waals surface area (Å²) in [7, 11) is 0.271. The molecule has 4 rings (SSSR count). The summed E-state index contributed by atoms with van der Waals surface area (Å²) in [5.74, 6) is 0. The Bertz CT molecular complexity index is 1270. The fourth-order valence-electron chi connectivity index (χ4n) is 4.56. The molecule has 0 amide bonds. The Balaban J connectivity index is 1.78. The van der Waals surface area contributed by atoms with Crippen molar-refractivity contribution in [2.75, 3.05) is 25.3 Å². The first kappa shape index (κ1) is 22.3. The maximum absolute atomic E-state index is 13.4. The molecule has 0 fully saturated rings. The maximum atomic E-state index is 13.4. The molecule has 0 unspecified atom stereocenters. The van der Waals surface area contributed by atoms with Crippen LogP contribution >= 0.6 is 0 Å². The molecule has 2 atom stereocenters. The SMILES string of the molecule is CN(C)c1ccc2n(c1=O)[C@@H](Cc1cccc(-c3ccccc3)c1)[C@@H](NS(C)(=O)=O)CC2. The Morgan fingerprint density at radius 2 is 1.72 bits per heavy atom. The Hall–Kier alpha value is -2.90. The molecule has 2 aromatic carbocycles. The summed E-state index contributed by atoms with van der Waals surface area (Å²) < 4.78 is 28.8. The van der Waals surface area contributed by atoms with Gasteiger partial charge in [0.15, 0.2) is 0 Å². The van der Waals surface area contributed by atoms with Crippen molar-refractivity contribution >= 4 is 15.7 Å². The minimum Gasteiger partial charge on any atom is -0.373 e. The van der Waals surface area contributed by atoms with Gasteiger partial charge in [-0.25, -0.2) is 13.1 Å². The third-order valence-electron chi connectivity index (χ3n) is 6.01. The number of rotatable bonds is 6. The van der Waals surface area contributed by atoms with Crippen molar-refractivity contribution < 1.29 is 8.42 Å². The largest absolute Gasteiger partial charge is 0.373 e. The van der Waals surface area contributed by atoms with Crippen LogP contribution in [-0.4, -0.2) is 39.4 Å². The van der Waals surface area contributed by atoms with Gasteiger partial charge in [0.05, 0.1) is 12.3 Å². The van der Waals surface area contributed by atoms with Crippen LogP contribution in [0.15, 0.2) is 71.5 Å². The number of anilines is 1. The number of benzene rings is 2. The Kier molecular flexibility index (Phi) is 6.22. The summed E-state index contributed by atoms with van der Waals surface area (Å²) in [6.45, 7) is 0. The van der Waals surface area contributed by atoms with Gasteiger partial charge in [0.25, 0.3) is 5.56 Å². The van der Waals surface area contributed by atoms with Gasteiger partial charge in [-0.1, -0.05) is 54.6 Å². The van der Waals surface area contributed by atoms with E-state index in [4.69, 9.17) is 0 Å². The van der Waals surface area contributed by atoms with Crippen molar-refractivity contribution in [1.29, 1.82) is 0 Å². The van der Waals surface area contributed by atoms with Gasteiger partial charge >= 0.3 is 0 Å². The molecule has 3 aromatic rings. The van der Waals surface area contributed by atoms with Gasteiger partial charge in [0.2, 0.25) is 10.0 Å². The zero-order valence-corrected chi connectivity index (χ0v) is 19.5. The van der Waals surface area contributed by atoms with Crippen LogP contribution in [0.1, 0.15) is 23.7 Å². The molecule has 32 heavy (non-hydrogen) atoms. The van der Waals surface area contributed by atoms with Gasteiger partial charge in [0, 0.05) is 25.8 Å². The van der Waals surface area contributed by atoms with Crippen LogP contribution < -0.4 is 15.2 Å². The van der Waals surface area contributed by atoms with Crippen molar-refractivity contribution in [3.05, 3.63) is 88.3 Å². The number of fused-ring (bicyclic) bond motifs is 1. The van der Waals surface area contributed by atoms with Crippen LogP contribution in [0.25, 0.3) is 11.1 Å². The highest BCUT2D eigenvalue weighted by Gasteiger charge is 2.33. The Morgan fingerprint density at radius 3 is 2.41 bits per heavy atom. The first-order valence-corrected chi connectivity index (χ1v) is 12.7. The highest BCUT2D eigenvalue weighted by Crippen LogP contribution is 2.30. The molecular weight excluding hydrogens is 422 g/mol. The van der Waals surface area contributed by atoms with E-state index in [0.717, 1.165) is 22.4 Å². The van der Waals surface area contributed by atoms with Crippen LogP contribution in [0.5, 0.6) is 0 Å². The molecule has 0 radical (unpaired) electrons. The fourth-order valence-corrected chi connectivity index (χ4v) is 5.38. The third-order valence-corrected chi connectivity index (χ3v) is 6.75. The second-order valence-corrected chi connectivity index (χ2v) is 10.4. The minimum absolute atomic E-state index is 0.0864. The molecule has 0 bridgehead atoms. The fraction of sp³-hybridized carbons (Fsp3) is 0.320. The molecule has 1 aromatic heterocycles. The highest BCUT2D eigenvalue weighted by atomic mass is 32.2. The van der Waals surface area contributed by atoms with E-state index in [9.17, 15) is 13.2 Å². The lowest BCUT2D eigenvalue weighted by molar-refractivity contribution is 0.315. The average molecular weight is 452 g/mol. The Morgan fingerprint density at radius 1 is 1.00 bits per heavy atom. The van der Waals surface area contributed by atoms with Crippen molar-refractivity contribution in [3.8, 4) is 11.1 Å². The zero-order chi connectivity index (χ0) is 22.9. The number of nitrogens with zero attached hydrogens (tertiary/aromatic N) is 2. The lowest BCUT2D eigenvalue weighted by atomic mass is 9.90. The van der Waals surface area contributed by atoms with Crippen LogP contribution in [0.4, 0.5) is 5.69 Å². The number of pyridine rings is 1. The lowest BCUT2D eigenvalue weighted by Crippen LogP contribution is -2.48. The molecule has 7 heteroatoms. The molecule has 2 heterocycles. The quantitative estimate of drug-likeness (QED) is 0.625. The van der Waals surface area contributed by atoms with Crippen LogP contribution in [0.2, 0.25) is 0 Å². The molecule has 1 aliphatic heterocycles. The third kappa shape index (κ3) is 4.79. The first-order valence-electron chi connectivity index (χ1n) is 10.8. The van der Waals surface area contributed by atoms with Gasteiger partial charge in [0.1, 0.15) is 5.69 Å². The van der Waals surface area contributed by atoms with E-state index in [0.29, 0.717) is 24.9 Å². The first-order chi connectivity index (χ1) is 15.2. The standard InChI is InChI=1S/C25H29N3O3S/c1-27(2)23-15-13-21-12-14-22(26-32(3,30)31)24(28(21)25(23)29)17-18-8-7-11-20(16-18)19-9-5-4-6-10-19/h4-11,13,15-16,22,24,26H,12,14,17H2,1-3H3/t22-,24-/m0/s1. The number of aryl methyl sites for hydroxylation is 1. The van der Waals surface area contributed by atoms with Gasteiger partial charge in [-0.05, 0) is 48.1 Å². The Labute approximate surface area is 189 Å². The molecular formula is C25H29N3O3S. The van der Waals surface area contributed by atoms with Crippen molar-refractivity contribution in [3.63, 3.8) is 0 Å². The molecule has 0 spiro atoms. The smallest absolute Gasteiger partial charge is 0.274 e. The molecule has 0 saturated heterocycles. The maximum Gasteiger partial charge on any atom is 0.274 e. The summed E-state index contributed by atoms with van der Waals surface area (Å²) in [5, 5.41) is 0. The number of aromatic nitrogens is 1.